The average Bonchev–Trinajstić information content (AvgIpc) is 3.16. The third kappa shape index (κ3) is 4.18. The van der Waals surface area contributed by atoms with E-state index in [0.29, 0.717) is 27.4 Å². The van der Waals surface area contributed by atoms with Crippen LogP contribution in [0.25, 0.3) is 16.7 Å². The van der Waals surface area contributed by atoms with Crippen LogP contribution in [-0.4, -0.2) is 32.2 Å². The van der Waals surface area contributed by atoms with Gasteiger partial charge >= 0.3 is 5.69 Å². The fourth-order valence-electron chi connectivity index (χ4n) is 3.48. The minimum Gasteiger partial charge on any atom is -0.497 e. The van der Waals surface area contributed by atoms with Crippen LogP contribution < -0.4 is 15.7 Å². The third-order valence-electron chi connectivity index (χ3n) is 4.98. The Balaban J connectivity index is 1.57. The fourth-order valence-corrected chi connectivity index (χ4v) is 4.39. The predicted molar refractivity (Wildman–Crippen MR) is 127 cm³/mol. The zero-order valence-corrected chi connectivity index (χ0v) is 18.5. The normalized spacial score (nSPS) is 11.1. The Hall–Kier alpha value is -4.11. The van der Waals surface area contributed by atoms with Gasteiger partial charge in [-0.2, -0.15) is 0 Å². The number of hydrogen-bond donors (Lipinski definition) is 1. The number of carbonyl (C=O) groups is 1. The maximum absolute atomic E-state index is 13.3. The molecular formula is C24H19N5O3S. The first-order valence-electron chi connectivity index (χ1n) is 10.2. The van der Waals surface area contributed by atoms with Crippen LogP contribution >= 0.6 is 11.8 Å². The van der Waals surface area contributed by atoms with Gasteiger partial charge < -0.3 is 10.1 Å². The summed E-state index contributed by atoms with van der Waals surface area (Å²) in [5.41, 5.74) is 1.92. The molecule has 0 aliphatic rings. The number of benzene rings is 3. The number of nitrogens with one attached hydrogen (secondary N) is 1. The van der Waals surface area contributed by atoms with Crippen molar-refractivity contribution in [1.29, 1.82) is 0 Å². The van der Waals surface area contributed by atoms with Crippen LogP contribution in [0.15, 0.2) is 93.6 Å². The largest absolute Gasteiger partial charge is 0.497 e. The molecule has 33 heavy (non-hydrogen) atoms. The quantitative estimate of drug-likeness (QED) is 0.417. The number of fused-ring (bicyclic) bond motifs is 3. The lowest BCUT2D eigenvalue weighted by Crippen LogP contribution is -2.28. The lowest BCUT2D eigenvalue weighted by molar-refractivity contribution is -0.117. The van der Waals surface area contributed by atoms with Crippen molar-refractivity contribution in [3.8, 4) is 5.75 Å². The van der Waals surface area contributed by atoms with Gasteiger partial charge in [0.05, 0.1) is 18.1 Å². The topological polar surface area (TPSA) is 90.5 Å². The van der Waals surface area contributed by atoms with E-state index in [2.05, 4.69) is 10.4 Å². The second-order valence-corrected chi connectivity index (χ2v) is 8.26. The molecule has 0 saturated heterocycles. The smallest absolute Gasteiger partial charge is 0.351 e. The number of methoxy groups -OCH3 is 1. The molecule has 3 aromatic carbocycles. The summed E-state index contributed by atoms with van der Waals surface area (Å²) in [6.07, 6.45) is 0. The van der Waals surface area contributed by atoms with Gasteiger partial charge in [0.25, 0.3) is 0 Å². The summed E-state index contributed by atoms with van der Waals surface area (Å²) >= 11 is 1.38. The molecule has 1 amide bonds. The van der Waals surface area contributed by atoms with Crippen molar-refractivity contribution in [2.24, 2.45) is 0 Å². The molecule has 9 heteroatoms. The highest BCUT2D eigenvalue weighted by atomic mass is 32.2. The van der Waals surface area contributed by atoms with Crippen LogP contribution in [0.1, 0.15) is 0 Å². The maximum Gasteiger partial charge on any atom is 0.351 e. The molecule has 1 N–H and O–H groups in total. The Morgan fingerprint density at radius 2 is 1.82 bits per heavy atom. The molecule has 0 unspecified atom stereocenters. The van der Waals surface area contributed by atoms with E-state index in [-0.39, 0.29) is 12.5 Å². The van der Waals surface area contributed by atoms with Crippen molar-refractivity contribution in [2.45, 2.75) is 16.5 Å². The van der Waals surface area contributed by atoms with Crippen LogP contribution in [0.2, 0.25) is 0 Å². The van der Waals surface area contributed by atoms with Crippen LogP contribution in [0, 0.1) is 0 Å². The molecular weight excluding hydrogens is 438 g/mol. The van der Waals surface area contributed by atoms with Crippen LogP contribution in [0.4, 0.5) is 5.69 Å². The number of nitrogens with zero attached hydrogens (tertiary/aromatic N) is 4. The highest BCUT2D eigenvalue weighted by molar-refractivity contribution is 7.99. The van der Waals surface area contributed by atoms with Crippen LogP contribution in [-0.2, 0) is 11.3 Å². The number of anilines is 1. The van der Waals surface area contributed by atoms with Crippen LogP contribution in [0.3, 0.4) is 0 Å². The molecule has 0 fully saturated rings. The SMILES string of the molecule is COc1cccc(Sc2nc3ccccc3n3c(=O)n(CC(=O)Nc4ccccc4)nc23)c1. The van der Waals surface area contributed by atoms with E-state index in [9.17, 15) is 9.59 Å². The summed E-state index contributed by atoms with van der Waals surface area (Å²) < 4.78 is 7.98. The molecule has 0 saturated carbocycles. The summed E-state index contributed by atoms with van der Waals surface area (Å²) in [7, 11) is 1.61. The maximum atomic E-state index is 13.3. The van der Waals surface area contributed by atoms with E-state index in [1.165, 1.54) is 16.2 Å². The third-order valence-corrected chi connectivity index (χ3v) is 5.94. The summed E-state index contributed by atoms with van der Waals surface area (Å²) in [5.74, 6) is 0.378. The van der Waals surface area contributed by atoms with Crippen molar-refractivity contribution < 1.29 is 9.53 Å². The number of hydrogen-bond acceptors (Lipinski definition) is 6. The Labute approximate surface area is 192 Å². The number of rotatable bonds is 6. The molecule has 8 nitrogen and oxygen atoms in total. The monoisotopic (exact) mass is 457 g/mol. The Morgan fingerprint density at radius 3 is 2.64 bits per heavy atom. The van der Waals surface area contributed by atoms with Gasteiger partial charge in [-0.25, -0.2) is 18.9 Å². The van der Waals surface area contributed by atoms with Gasteiger partial charge in [0.15, 0.2) is 5.65 Å². The Kier molecular flexibility index (Phi) is 5.54. The standard InChI is InChI=1S/C24H19N5O3S/c1-32-17-10-7-11-18(14-17)33-23-22-27-28(15-21(30)25-16-8-3-2-4-9-16)24(31)29(22)20-13-6-5-12-19(20)26-23/h2-14H,15H2,1H3,(H,25,30). The average molecular weight is 458 g/mol. The van der Waals surface area contributed by atoms with Gasteiger partial charge in [0, 0.05) is 10.6 Å². The lowest BCUT2D eigenvalue weighted by Gasteiger charge is -2.07. The van der Waals surface area contributed by atoms with E-state index in [1.54, 1.807) is 19.2 Å². The number of ether oxygens (including phenoxy) is 1. The van der Waals surface area contributed by atoms with E-state index in [1.807, 2.05) is 66.7 Å². The van der Waals surface area contributed by atoms with E-state index in [0.717, 1.165) is 15.3 Å². The molecule has 2 heterocycles. The first-order valence-corrected chi connectivity index (χ1v) is 11.0. The molecule has 164 valence electrons. The van der Waals surface area contributed by atoms with E-state index < -0.39 is 5.69 Å². The minimum absolute atomic E-state index is 0.215. The predicted octanol–water partition coefficient (Wildman–Crippen LogP) is 3.84. The number of carbonyl (C=O) groups excluding carboxylic acids is 1. The lowest BCUT2D eigenvalue weighted by atomic mass is 10.3. The van der Waals surface area contributed by atoms with Crippen molar-refractivity contribution in [3.05, 3.63) is 89.3 Å². The molecule has 0 spiro atoms. The molecule has 0 radical (unpaired) electrons. The van der Waals surface area contributed by atoms with Crippen molar-refractivity contribution in [2.75, 3.05) is 12.4 Å². The molecule has 5 aromatic rings. The van der Waals surface area contributed by atoms with Gasteiger partial charge in [0.2, 0.25) is 5.91 Å². The first kappa shape index (κ1) is 20.8. The zero-order valence-electron chi connectivity index (χ0n) is 17.6. The van der Waals surface area contributed by atoms with Gasteiger partial charge in [-0.1, -0.05) is 48.2 Å². The molecule has 0 aliphatic heterocycles. The van der Waals surface area contributed by atoms with Gasteiger partial charge in [-0.05, 0) is 42.5 Å². The van der Waals surface area contributed by atoms with Crippen molar-refractivity contribution in [1.82, 2.24) is 19.2 Å². The summed E-state index contributed by atoms with van der Waals surface area (Å²) in [6.45, 7) is -0.215. The number of aromatic nitrogens is 4. The van der Waals surface area contributed by atoms with Crippen molar-refractivity contribution >= 4 is 40.0 Å². The van der Waals surface area contributed by atoms with Gasteiger partial charge in [-0.15, -0.1) is 5.10 Å². The van der Waals surface area contributed by atoms with Crippen molar-refractivity contribution in [3.63, 3.8) is 0 Å². The molecule has 0 atom stereocenters. The Bertz CT molecular complexity index is 1530. The molecule has 0 bridgehead atoms. The number of para-hydroxylation sites is 3. The second kappa shape index (κ2) is 8.79. The highest BCUT2D eigenvalue weighted by Gasteiger charge is 2.18. The molecule has 0 aliphatic carbocycles. The van der Waals surface area contributed by atoms with Gasteiger partial charge in [-0.3, -0.25) is 4.79 Å². The first-order chi connectivity index (χ1) is 16.1. The highest BCUT2D eigenvalue weighted by Crippen LogP contribution is 2.32. The molecule has 2 aromatic heterocycles. The van der Waals surface area contributed by atoms with E-state index >= 15 is 0 Å². The number of amides is 1. The summed E-state index contributed by atoms with van der Waals surface area (Å²) in [6, 6.07) is 24.0. The minimum atomic E-state index is -0.403. The molecule has 5 rings (SSSR count). The zero-order chi connectivity index (χ0) is 22.8. The van der Waals surface area contributed by atoms with E-state index in [4.69, 9.17) is 9.72 Å². The Morgan fingerprint density at radius 1 is 1.03 bits per heavy atom. The van der Waals surface area contributed by atoms with Gasteiger partial charge in [0.1, 0.15) is 17.3 Å². The second-order valence-electron chi connectivity index (χ2n) is 7.20. The summed E-state index contributed by atoms with van der Waals surface area (Å²) in [5, 5.41) is 7.81. The summed E-state index contributed by atoms with van der Waals surface area (Å²) in [4.78, 5) is 31.5. The van der Waals surface area contributed by atoms with Crippen LogP contribution in [0.5, 0.6) is 5.75 Å². The fraction of sp³-hybridized carbons (Fsp3) is 0.0833.